The van der Waals surface area contributed by atoms with Crippen molar-refractivity contribution in [3.8, 4) is 0 Å². The van der Waals surface area contributed by atoms with Gasteiger partial charge in [-0.15, -0.1) is 0 Å². The van der Waals surface area contributed by atoms with Gasteiger partial charge >= 0.3 is 18.9 Å². The maximum Gasteiger partial charge on any atom is 1.00 e. The predicted octanol–water partition coefficient (Wildman–Crippen LogP) is 0.328. The summed E-state index contributed by atoms with van der Waals surface area (Å²) in [4.78, 5) is 0. The van der Waals surface area contributed by atoms with Gasteiger partial charge in [-0.2, -0.15) is 13.1 Å². The molecule has 0 rings (SSSR count). The van der Waals surface area contributed by atoms with Crippen LogP contribution in [0.3, 0.4) is 0 Å². The van der Waals surface area contributed by atoms with Crippen LogP contribution in [0, 0.1) is 0 Å². The van der Waals surface area contributed by atoms with Gasteiger partial charge in [0.1, 0.15) is 0 Å². The van der Waals surface area contributed by atoms with E-state index in [1.807, 2.05) is 0 Å². The molecule has 0 aliphatic rings. The van der Waals surface area contributed by atoms with Crippen LogP contribution in [-0.2, 0) is 0 Å². The molecule has 0 aromatic carbocycles. The zero-order valence-electron chi connectivity index (χ0n) is 11.6. The van der Waals surface area contributed by atoms with Crippen LogP contribution in [0.2, 0.25) is 23.2 Å². The molecule has 0 aromatic heterocycles. The molecule has 4 heteroatoms. The first kappa shape index (κ1) is 17.4. The van der Waals surface area contributed by atoms with E-state index in [4.69, 9.17) is 5.40 Å². The third kappa shape index (κ3) is 2.99. The first-order chi connectivity index (χ1) is 5.44. The molecule has 0 unspecified atom stereocenters. The topological polar surface area (TPSA) is 26.0 Å². The standard InChI is InChI=1S/C10H26NSi2.Li/c1-9(2,3)13(11,12(7)8)10(4,5)6;/h11H2,1-8H3;/q-1;+1. The van der Waals surface area contributed by atoms with Crippen molar-refractivity contribution < 1.29 is 18.9 Å². The molecule has 0 heterocycles. The van der Waals surface area contributed by atoms with Crippen LogP contribution in [0.15, 0.2) is 0 Å². The van der Waals surface area contributed by atoms with Gasteiger partial charge in [0.15, 0.2) is 0 Å². The number of hydrogen-bond donors (Lipinski definition) is 1. The summed E-state index contributed by atoms with van der Waals surface area (Å²) < 4.78 is 0. The average Bonchev–Trinajstić information content (AvgIpc) is 1.80. The molecule has 0 amide bonds. The SMILES string of the molecule is C[Si-](C)[Si](N)(C(C)(C)C)C(C)(C)C.[Li+]. The molecule has 0 radical (unpaired) electrons. The Morgan fingerprint density at radius 1 is 0.857 bits per heavy atom. The Bertz CT molecular complexity index is 166. The third-order valence-corrected chi connectivity index (χ3v) is 18.7. The Morgan fingerprint density at radius 3 is 1.07 bits per heavy atom. The van der Waals surface area contributed by atoms with E-state index in [1.165, 1.54) is 0 Å². The van der Waals surface area contributed by atoms with Gasteiger partial charge in [0, 0.05) is 0 Å². The van der Waals surface area contributed by atoms with Crippen LogP contribution in [-0.4, -0.2) is 16.1 Å². The molecule has 14 heavy (non-hydrogen) atoms. The molecule has 0 atom stereocenters. The molecule has 0 aliphatic carbocycles. The van der Waals surface area contributed by atoms with E-state index in [9.17, 15) is 0 Å². The summed E-state index contributed by atoms with van der Waals surface area (Å²) in [7, 11) is -2.00. The smallest absolute Gasteiger partial charge is 0.378 e. The number of hydrogen-bond acceptors (Lipinski definition) is 1. The monoisotopic (exact) mass is 223 g/mol. The molecule has 0 saturated carbocycles. The molecule has 80 valence electrons. The number of nitrogens with two attached hydrogens (primary N) is 1. The Kier molecular flexibility index (Phi) is 6.06. The fourth-order valence-corrected chi connectivity index (χ4v) is 16.9. The van der Waals surface area contributed by atoms with Crippen molar-refractivity contribution in [2.75, 3.05) is 0 Å². The molecular weight excluding hydrogens is 197 g/mol. The van der Waals surface area contributed by atoms with Crippen molar-refractivity contribution in [2.45, 2.75) is 64.7 Å². The fraction of sp³-hybridized carbons (Fsp3) is 1.00. The Labute approximate surface area is 105 Å². The van der Waals surface area contributed by atoms with Crippen LogP contribution >= 0.6 is 0 Å². The summed E-state index contributed by atoms with van der Waals surface area (Å²) in [6, 6.07) is 0. The van der Waals surface area contributed by atoms with Gasteiger partial charge in [0.25, 0.3) is 0 Å². The van der Waals surface area contributed by atoms with Gasteiger partial charge in [-0.05, 0) is 7.75 Å². The maximum absolute atomic E-state index is 6.78. The van der Waals surface area contributed by atoms with Gasteiger partial charge in [-0.1, -0.05) is 51.6 Å². The molecule has 1 nitrogen and oxygen atoms in total. The van der Waals surface area contributed by atoms with E-state index in [2.05, 4.69) is 54.6 Å². The van der Waals surface area contributed by atoms with Gasteiger partial charge < -0.3 is 5.40 Å². The summed E-state index contributed by atoms with van der Waals surface area (Å²) in [5, 5.41) is 7.42. The molecule has 0 fully saturated rings. The molecular formula is C10H26LiNSi2. The second-order valence-electron chi connectivity index (χ2n) is 6.31. The van der Waals surface area contributed by atoms with E-state index >= 15 is 0 Å². The zero-order chi connectivity index (χ0) is 11.1. The molecule has 2 N–H and O–H groups in total. The van der Waals surface area contributed by atoms with E-state index in [1.54, 1.807) is 0 Å². The van der Waals surface area contributed by atoms with E-state index in [0.717, 1.165) is 0 Å². The molecule has 0 bridgehead atoms. The summed E-state index contributed by atoms with van der Waals surface area (Å²) in [5.74, 6) is 0. The van der Waals surface area contributed by atoms with Crippen LogP contribution in [0.5, 0.6) is 0 Å². The minimum absolute atomic E-state index is 0. The van der Waals surface area contributed by atoms with Crippen LogP contribution in [0.25, 0.3) is 0 Å². The summed E-state index contributed by atoms with van der Waals surface area (Å²) in [6.45, 7) is 18.7. The molecule has 0 aliphatic heterocycles. The molecule has 0 aromatic rings. The largest absolute Gasteiger partial charge is 1.00 e. The van der Waals surface area contributed by atoms with Gasteiger partial charge in [-0.25, -0.2) is 8.31 Å². The third-order valence-electron chi connectivity index (χ3n) is 3.15. The average molecular weight is 223 g/mol. The Hall–Kier alpha value is 0.991. The maximum atomic E-state index is 6.78. The van der Waals surface area contributed by atoms with E-state index < -0.39 is 7.75 Å². The van der Waals surface area contributed by atoms with Crippen molar-refractivity contribution in [1.82, 2.24) is 0 Å². The van der Waals surface area contributed by atoms with Gasteiger partial charge in [0.2, 0.25) is 0 Å². The second kappa shape index (κ2) is 4.88. The van der Waals surface area contributed by atoms with E-state index in [0.29, 0.717) is 10.1 Å². The van der Waals surface area contributed by atoms with Crippen molar-refractivity contribution in [3.63, 3.8) is 0 Å². The summed E-state index contributed by atoms with van der Waals surface area (Å²) >= 11 is 0. The fourth-order valence-electron chi connectivity index (χ4n) is 2.62. The predicted molar refractivity (Wildman–Crippen MR) is 66.9 cm³/mol. The first-order valence-corrected chi connectivity index (χ1v) is 10.6. The molecule has 0 spiro atoms. The zero-order valence-corrected chi connectivity index (χ0v) is 13.6. The van der Waals surface area contributed by atoms with E-state index in [-0.39, 0.29) is 27.2 Å². The quantitative estimate of drug-likeness (QED) is 0.637. The number of rotatable bonds is 1. The first-order valence-electron chi connectivity index (χ1n) is 5.04. The Morgan fingerprint density at radius 2 is 1.07 bits per heavy atom. The van der Waals surface area contributed by atoms with Crippen LogP contribution in [0.4, 0.5) is 0 Å². The van der Waals surface area contributed by atoms with Gasteiger partial charge in [-0.3, -0.25) is 0 Å². The van der Waals surface area contributed by atoms with Crippen molar-refractivity contribution >= 4 is 16.1 Å². The van der Waals surface area contributed by atoms with Crippen LogP contribution in [0.1, 0.15) is 41.5 Å². The van der Waals surface area contributed by atoms with Gasteiger partial charge in [0.05, 0.1) is 0 Å². The normalized spacial score (nSPS) is 14.1. The second-order valence-corrected chi connectivity index (χ2v) is 18.3. The summed E-state index contributed by atoms with van der Waals surface area (Å²) in [6.07, 6.45) is 0. The summed E-state index contributed by atoms with van der Waals surface area (Å²) in [5.41, 5.74) is 0. The molecule has 0 saturated heterocycles. The minimum Gasteiger partial charge on any atom is -0.378 e. The van der Waals surface area contributed by atoms with Crippen molar-refractivity contribution in [2.24, 2.45) is 5.40 Å². The van der Waals surface area contributed by atoms with Crippen molar-refractivity contribution in [1.29, 1.82) is 0 Å². The van der Waals surface area contributed by atoms with Crippen molar-refractivity contribution in [3.05, 3.63) is 0 Å². The Balaban J connectivity index is 0. The van der Waals surface area contributed by atoms with Crippen LogP contribution < -0.4 is 24.3 Å². The minimum atomic E-state index is -1.63.